The monoisotopic (exact) mass is 250 g/mol. The topological polar surface area (TPSA) is 35.8 Å². The highest BCUT2D eigenvalue weighted by Gasteiger charge is 2.09. The van der Waals surface area contributed by atoms with Crippen molar-refractivity contribution in [1.29, 1.82) is 5.26 Å². The van der Waals surface area contributed by atoms with Gasteiger partial charge in [0.25, 0.3) is 0 Å². The Morgan fingerprint density at radius 1 is 1.05 bits per heavy atom. The van der Waals surface area contributed by atoms with Crippen LogP contribution in [0.15, 0.2) is 48.5 Å². The predicted molar refractivity (Wildman–Crippen MR) is 79.2 cm³/mol. The van der Waals surface area contributed by atoms with Gasteiger partial charge in [-0.1, -0.05) is 36.4 Å². The SMILES string of the molecule is Cc1ccc(NCC(C#N)c2ccccc2)cc1C. The summed E-state index contributed by atoms with van der Waals surface area (Å²) < 4.78 is 0. The number of nitrogens with one attached hydrogen (secondary N) is 1. The average molecular weight is 250 g/mol. The van der Waals surface area contributed by atoms with Crippen molar-refractivity contribution in [3.63, 3.8) is 0 Å². The minimum Gasteiger partial charge on any atom is -0.383 e. The van der Waals surface area contributed by atoms with Gasteiger partial charge in [0.1, 0.15) is 0 Å². The zero-order chi connectivity index (χ0) is 13.7. The van der Waals surface area contributed by atoms with E-state index in [1.807, 2.05) is 30.3 Å². The number of nitrogens with zero attached hydrogens (tertiary/aromatic N) is 1. The Labute approximate surface area is 114 Å². The zero-order valence-electron chi connectivity index (χ0n) is 11.4. The van der Waals surface area contributed by atoms with Gasteiger partial charge in [-0.05, 0) is 42.7 Å². The van der Waals surface area contributed by atoms with Crippen molar-refractivity contribution < 1.29 is 0 Å². The van der Waals surface area contributed by atoms with Crippen LogP contribution in [0.4, 0.5) is 5.69 Å². The zero-order valence-corrected chi connectivity index (χ0v) is 11.4. The summed E-state index contributed by atoms with van der Waals surface area (Å²) in [5.41, 5.74) is 4.67. The van der Waals surface area contributed by atoms with E-state index in [9.17, 15) is 5.26 Å². The van der Waals surface area contributed by atoms with Crippen molar-refractivity contribution >= 4 is 5.69 Å². The van der Waals surface area contributed by atoms with Gasteiger partial charge in [-0.25, -0.2) is 0 Å². The molecular formula is C17H18N2. The van der Waals surface area contributed by atoms with Crippen LogP contribution >= 0.6 is 0 Å². The first-order chi connectivity index (χ1) is 9.20. The third kappa shape index (κ3) is 3.35. The molecule has 0 aliphatic carbocycles. The summed E-state index contributed by atoms with van der Waals surface area (Å²) in [5.74, 6) is -0.122. The molecule has 1 unspecified atom stereocenters. The van der Waals surface area contributed by atoms with Gasteiger partial charge in [0.05, 0.1) is 12.0 Å². The highest BCUT2D eigenvalue weighted by atomic mass is 14.9. The number of rotatable bonds is 4. The number of benzene rings is 2. The third-order valence-corrected chi connectivity index (χ3v) is 3.37. The first kappa shape index (κ1) is 13.2. The fourth-order valence-corrected chi connectivity index (χ4v) is 1.99. The van der Waals surface area contributed by atoms with Gasteiger partial charge >= 0.3 is 0 Å². The Hall–Kier alpha value is -2.27. The van der Waals surface area contributed by atoms with E-state index in [0.717, 1.165) is 11.3 Å². The van der Waals surface area contributed by atoms with Crippen LogP contribution in [0.5, 0.6) is 0 Å². The van der Waals surface area contributed by atoms with Crippen LogP contribution in [-0.2, 0) is 0 Å². The molecule has 0 aliphatic heterocycles. The maximum Gasteiger partial charge on any atom is 0.0885 e. The molecule has 2 rings (SSSR count). The fraction of sp³-hybridized carbons (Fsp3) is 0.235. The molecule has 0 fully saturated rings. The molecule has 19 heavy (non-hydrogen) atoms. The minimum absolute atomic E-state index is 0.122. The summed E-state index contributed by atoms with van der Waals surface area (Å²) in [6.45, 7) is 4.82. The molecule has 0 saturated carbocycles. The summed E-state index contributed by atoms with van der Waals surface area (Å²) >= 11 is 0. The van der Waals surface area contributed by atoms with Crippen LogP contribution < -0.4 is 5.32 Å². The van der Waals surface area contributed by atoms with Crippen LogP contribution in [0.3, 0.4) is 0 Å². The highest BCUT2D eigenvalue weighted by Crippen LogP contribution is 2.18. The molecule has 2 heteroatoms. The van der Waals surface area contributed by atoms with Crippen molar-refractivity contribution in [2.75, 3.05) is 11.9 Å². The van der Waals surface area contributed by atoms with E-state index >= 15 is 0 Å². The number of nitriles is 1. The highest BCUT2D eigenvalue weighted by molar-refractivity contribution is 5.48. The van der Waals surface area contributed by atoms with Gasteiger partial charge in [-0.2, -0.15) is 5.26 Å². The van der Waals surface area contributed by atoms with Gasteiger partial charge in [-0.15, -0.1) is 0 Å². The second-order valence-corrected chi connectivity index (χ2v) is 4.77. The van der Waals surface area contributed by atoms with E-state index in [2.05, 4.69) is 43.4 Å². The van der Waals surface area contributed by atoms with Gasteiger partial charge < -0.3 is 5.32 Å². The first-order valence-corrected chi connectivity index (χ1v) is 6.46. The van der Waals surface area contributed by atoms with E-state index in [1.165, 1.54) is 11.1 Å². The Bertz CT molecular complexity index is 582. The first-order valence-electron chi connectivity index (χ1n) is 6.46. The van der Waals surface area contributed by atoms with Gasteiger partial charge in [0.15, 0.2) is 0 Å². The standard InChI is InChI=1S/C17H18N2/c1-13-8-9-17(10-14(13)2)19-12-16(11-18)15-6-4-3-5-7-15/h3-10,16,19H,12H2,1-2H3. The normalized spacial score (nSPS) is 11.6. The molecule has 0 bridgehead atoms. The van der Waals surface area contributed by atoms with Crippen molar-refractivity contribution in [1.82, 2.24) is 0 Å². The Morgan fingerprint density at radius 2 is 1.79 bits per heavy atom. The molecular weight excluding hydrogens is 232 g/mol. The minimum atomic E-state index is -0.122. The molecule has 0 aliphatic rings. The Morgan fingerprint density at radius 3 is 2.42 bits per heavy atom. The van der Waals surface area contributed by atoms with Gasteiger partial charge in [0.2, 0.25) is 0 Å². The average Bonchev–Trinajstić information content (AvgIpc) is 2.44. The molecule has 1 N–H and O–H groups in total. The number of hydrogen-bond acceptors (Lipinski definition) is 2. The number of aryl methyl sites for hydroxylation is 2. The van der Waals surface area contributed by atoms with Crippen molar-refractivity contribution in [3.8, 4) is 6.07 Å². The smallest absolute Gasteiger partial charge is 0.0885 e. The molecule has 2 aromatic carbocycles. The van der Waals surface area contributed by atoms with Gasteiger partial charge in [0, 0.05) is 12.2 Å². The van der Waals surface area contributed by atoms with Crippen LogP contribution in [0.2, 0.25) is 0 Å². The molecule has 96 valence electrons. The Kier molecular flexibility index (Phi) is 4.20. The molecule has 0 aromatic heterocycles. The molecule has 0 spiro atoms. The third-order valence-electron chi connectivity index (χ3n) is 3.37. The maximum absolute atomic E-state index is 9.27. The second kappa shape index (κ2) is 6.06. The predicted octanol–water partition coefficient (Wildman–Crippen LogP) is 4.02. The number of anilines is 1. The summed E-state index contributed by atoms with van der Waals surface area (Å²) in [5, 5.41) is 12.6. The lowest BCUT2D eigenvalue weighted by atomic mass is 10.0. The largest absolute Gasteiger partial charge is 0.383 e. The van der Waals surface area contributed by atoms with Crippen molar-refractivity contribution in [2.45, 2.75) is 19.8 Å². The van der Waals surface area contributed by atoms with E-state index in [0.29, 0.717) is 6.54 Å². The maximum atomic E-state index is 9.27. The van der Waals surface area contributed by atoms with Crippen LogP contribution in [0, 0.1) is 25.2 Å². The quantitative estimate of drug-likeness (QED) is 0.889. The summed E-state index contributed by atoms with van der Waals surface area (Å²) in [4.78, 5) is 0. The Balaban J connectivity index is 2.05. The van der Waals surface area contributed by atoms with Crippen LogP contribution in [-0.4, -0.2) is 6.54 Å². The van der Waals surface area contributed by atoms with E-state index in [1.54, 1.807) is 0 Å². The molecule has 0 heterocycles. The van der Waals surface area contributed by atoms with Crippen LogP contribution in [0.25, 0.3) is 0 Å². The van der Waals surface area contributed by atoms with E-state index in [4.69, 9.17) is 0 Å². The molecule has 0 saturated heterocycles. The lowest BCUT2D eigenvalue weighted by Crippen LogP contribution is -2.11. The molecule has 0 radical (unpaired) electrons. The van der Waals surface area contributed by atoms with Crippen molar-refractivity contribution in [3.05, 3.63) is 65.2 Å². The molecule has 2 aromatic rings. The molecule has 0 amide bonds. The summed E-state index contributed by atoms with van der Waals surface area (Å²) in [6.07, 6.45) is 0. The lowest BCUT2D eigenvalue weighted by molar-refractivity contribution is 0.900. The van der Waals surface area contributed by atoms with Crippen molar-refractivity contribution in [2.24, 2.45) is 0 Å². The lowest BCUT2D eigenvalue weighted by Gasteiger charge is -2.13. The van der Waals surface area contributed by atoms with Gasteiger partial charge in [-0.3, -0.25) is 0 Å². The molecule has 1 atom stereocenters. The summed E-state index contributed by atoms with van der Waals surface area (Å²) in [6, 6.07) is 18.5. The summed E-state index contributed by atoms with van der Waals surface area (Å²) in [7, 11) is 0. The van der Waals surface area contributed by atoms with E-state index < -0.39 is 0 Å². The molecule has 2 nitrogen and oxygen atoms in total. The van der Waals surface area contributed by atoms with Crippen LogP contribution in [0.1, 0.15) is 22.6 Å². The second-order valence-electron chi connectivity index (χ2n) is 4.77. The fourth-order valence-electron chi connectivity index (χ4n) is 1.99. The number of hydrogen-bond donors (Lipinski definition) is 1. The van der Waals surface area contributed by atoms with E-state index in [-0.39, 0.29) is 5.92 Å².